The topological polar surface area (TPSA) is 85.3 Å². The van der Waals surface area contributed by atoms with Gasteiger partial charge in [0.1, 0.15) is 5.76 Å². The normalized spacial score (nSPS) is 19.3. The van der Waals surface area contributed by atoms with Gasteiger partial charge < -0.3 is 13.9 Å². The monoisotopic (exact) mass is 276 g/mol. The van der Waals surface area contributed by atoms with Crippen LogP contribution in [-0.2, 0) is 0 Å². The molecule has 20 heavy (non-hydrogen) atoms. The molecular formula is C13H16N4O3. The van der Waals surface area contributed by atoms with E-state index in [2.05, 4.69) is 15.3 Å². The fraction of sp³-hybridized carbons (Fsp3) is 0.538. The van der Waals surface area contributed by atoms with Crippen molar-refractivity contribution in [1.29, 1.82) is 0 Å². The molecule has 1 atom stereocenters. The highest BCUT2D eigenvalue weighted by Crippen LogP contribution is 2.25. The van der Waals surface area contributed by atoms with E-state index in [0.717, 1.165) is 19.4 Å². The summed E-state index contributed by atoms with van der Waals surface area (Å²) in [5, 5.41) is 7.73. The van der Waals surface area contributed by atoms with E-state index in [9.17, 15) is 4.79 Å². The van der Waals surface area contributed by atoms with E-state index < -0.39 is 0 Å². The molecule has 1 aliphatic rings. The molecule has 2 aromatic heterocycles. The first-order valence-corrected chi connectivity index (χ1v) is 6.66. The fourth-order valence-corrected chi connectivity index (χ4v) is 2.48. The summed E-state index contributed by atoms with van der Waals surface area (Å²) in [6, 6.07) is 1.66. The predicted octanol–water partition coefficient (Wildman–Crippen LogP) is 1.69. The molecule has 0 saturated carbocycles. The van der Waals surface area contributed by atoms with Crippen molar-refractivity contribution in [2.45, 2.75) is 32.6 Å². The molecule has 7 nitrogen and oxygen atoms in total. The van der Waals surface area contributed by atoms with Crippen molar-refractivity contribution in [3.8, 4) is 0 Å². The molecule has 0 aromatic carbocycles. The van der Waals surface area contributed by atoms with Crippen LogP contribution in [0.1, 0.15) is 46.7 Å². The van der Waals surface area contributed by atoms with Crippen molar-refractivity contribution in [3.05, 3.63) is 29.2 Å². The van der Waals surface area contributed by atoms with Crippen LogP contribution < -0.4 is 0 Å². The predicted molar refractivity (Wildman–Crippen MR) is 68.2 cm³/mol. The maximum Gasteiger partial charge on any atom is 0.276 e. The first-order valence-electron chi connectivity index (χ1n) is 6.66. The van der Waals surface area contributed by atoms with Gasteiger partial charge in [-0.1, -0.05) is 10.3 Å². The third-order valence-electron chi connectivity index (χ3n) is 3.46. The maximum absolute atomic E-state index is 12.3. The summed E-state index contributed by atoms with van der Waals surface area (Å²) in [7, 11) is 0. The summed E-state index contributed by atoms with van der Waals surface area (Å²) >= 11 is 0. The molecule has 0 bridgehead atoms. The number of piperidine rings is 1. The zero-order chi connectivity index (χ0) is 14.1. The van der Waals surface area contributed by atoms with Gasteiger partial charge in [0.15, 0.2) is 11.5 Å². The standard InChI is InChI=1S/C13H16N4O3/c1-8-6-11(15-19-8)13(18)17-5-3-4-10(7-17)12-14-9(2)20-16-12/h6,10H,3-5,7H2,1-2H3/t10-/m0/s1. The van der Waals surface area contributed by atoms with Gasteiger partial charge in [-0.05, 0) is 19.8 Å². The van der Waals surface area contributed by atoms with E-state index >= 15 is 0 Å². The van der Waals surface area contributed by atoms with Crippen molar-refractivity contribution < 1.29 is 13.8 Å². The number of amides is 1. The number of carbonyl (C=O) groups is 1. The van der Waals surface area contributed by atoms with Crippen LogP contribution in [0.2, 0.25) is 0 Å². The molecular weight excluding hydrogens is 260 g/mol. The minimum atomic E-state index is -0.105. The summed E-state index contributed by atoms with van der Waals surface area (Å²) in [4.78, 5) is 18.4. The van der Waals surface area contributed by atoms with Crippen LogP contribution >= 0.6 is 0 Å². The van der Waals surface area contributed by atoms with Crippen molar-refractivity contribution in [2.75, 3.05) is 13.1 Å². The molecule has 0 unspecified atom stereocenters. The largest absolute Gasteiger partial charge is 0.361 e. The van der Waals surface area contributed by atoms with Crippen LogP contribution in [0, 0.1) is 13.8 Å². The molecule has 0 radical (unpaired) electrons. The highest BCUT2D eigenvalue weighted by molar-refractivity contribution is 5.92. The molecule has 3 heterocycles. The van der Waals surface area contributed by atoms with Gasteiger partial charge in [-0.2, -0.15) is 4.98 Å². The maximum atomic E-state index is 12.3. The van der Waals surface area contributed by atoms with E-state index in [0.29, 0.717) is 29.7 Å². The molecule has 106 valence electrons. The van der Waals surface area contributed by atoms with Gasteiger partial charge in [-0.3, -0.25) is 4.79 Å². The second kappa shape index (κ2) is 5.07. The van der Waals surface area contributed by atoms with Crippen LogP contribution in [0.3, 0.4) is 0 Å². The van der Waals surface area contributed by atoms with Crippen LogP contribution in [0.15, 0.2) is 15.1 Å². The Morgan fingerprint density at radius 1 is 1.35 bits per heavy atom. The zero-order valence-electron chi connectivity index (χ0n) is 11.5. The number of likely N-dealkylation sites (tertiary alicyclic amines) is 1. The summed E-state index contributed by atoms with van der Waals surface area (Å²) < 4.78 is 9.96. The Morgan fingerprint density at radius 3 is 2.85 bits per heavy atom. The molecule has 7 heteroatoms. The number of nitrogens with zero attached hydrogens (tertiary/aromatic N) is 4. The second-order valence-electron chi connectivity index (χ2n) is 5.08. The van der Waals surface area contributed by atoms with Crippen LogP contribution in [0.4, 0.5) is 0 Å². The highest BCUT2D eigenvalue weighted by atomic mass is 16.5. The average molecular weight is 276 g/mol. The molecule has 0 N–H and O–H groups in total. The fourth-order valence-electron chi connectivity index (χ4n) is 2.48. The molecule has 0 aliphatic carbocycles. The second-order valence-corrected chi connectivity index (χ2v) is 5.08. The quantitative estimate of drug-likeness (QED) is 0.829. The number of rotatable bonds is 2. The van der Waals surface area contributed by atoms with Gasteiger partial charge in [-0.25, -0.2) is 0 Å². The number of carbonyl (C=O) groups excluding carboxylic acids is 1. The van der Waals surface area contributed by atoms with E-state index in [1.165, 1.54) is 0 Å². The van der Waals surface area contributed by atoms with E-state index in [-0.39, 0.29) is 11.8 Å². The minimum absolute atomic E-state index is 0.105. The molecule has 3 rings (SSSR count). The van der Waals surface area contributed by atoms with Crippen LogP contribution in [0.25, 0.3) is 0 Å². The first-order chi connectivity index (χ1) is 9.63. The molecule has 1 aliphatic heterocycles. The van der Waals surface area contributed by atoms with Crippen LogP contribution in [0.5, 0.6) is 0 Å². The Bertz CT molecular complexity index is 619. The van der Waals surface area contributed by atoms with E-state index in [1.807, 2.05) is 0 Å². The summed E-state index contributed by atoms with van der Waals surface area (Å²) in [5.41, 5.74) is 0.354. The lowest BCUT2D eigenvalue weighted by atomic mass is 9.97. The summed E-state index contributed by atoms with van der Waals surface area (Å²) in [6.45, 7) is 4.84. The lowest BCUT2D eigenvalue weighted by Gasteiger charge is -2.30. The summed E-state index contributed by atoms with van der Waals surface area (Å²) in [5.74, 6) is 1.88. The van der Waals surface area contributed by atoms with Gasteiger partial charge >= 0.3 is 0 Å². The smallest absolute Gasteiger partial charge is 0.276 e. The lowest BCUT2D eigenvalue weighted by Crippen LogP contribution is -2.39. The van der Waals surface area contributed by atoms with Gasteiger partial charge in [0, 0.05) is 32.0 Å². The molecule has 2 aromatic rings. The SMILES string of the molecule is Cc1cc(C(=O)N2CCC[C@H](c3noc(C)n3)C2)no1. The number of hydrogen-bond acceptors (Lipinski definition) is 6. The van der Waals surface area contributed by atoms with Crippen molar-refractivity contribution >= 4 is 5.91 Å². The number of hydrogen-bond donors (Lipinski definition) is 0. The highest BCUT2D eigenvalue weighted by Gasteiger charge is 2.29. The third kappa shape index (κ3) is 2.43. The number of aryl methyl sites for hydroxylation is 2. The Hall–Kier alpha value is -2.18. The van der Waals surface area contributed by atoms with Gasteiger partial charge in [0.05, 0.1) is 0 Å². The average Bonchev–Trinajstić information content (AvgIpc) is 3.07. The molecule has 0 spiro atoms. The first kappa shape index (κ1) is 12.8. The molecule has 1 saturated heterocycles. The Balaban J connectivity index is 1.73. The lowest BCUT2D eigenvalue weighted by molar-refractivity contribution is 0.0693. The number of aromatic nitrogens is 3. The molecule has 1 fully saturated rings. The van der Waals surface area contributed by atoms with Crippen molar-refractivity contribution in [3.63, 3.8) is 0 Å². The van der Waals surface area contributed by atoms with Crippen molar-refractivity contribution in [1.82, 2.24) is 20.2 Å². The van der Waals surface area contributed by atoms with E-state index in [1.54, 1.807) is 24.8 Å². The Kier molecular flexibility index (Phi) is 3.25. The zero-order valence-corrected chi connectivity index (χ0v) is 11.5. The third-order valence-corrected chi connectivity index (χ3v) is 3.46. The van der Waals surface area contributed by atoms with E-state index in [4.69, 9.17) is 9.05 Å². The van der Waals surface area contributed by atoms with Crippen molar-refractivity contribution in [2.24, 2.45) is 0 Å². The minimum Gasteiger partial charge on any atom is -0.361 e. The Labute approximate surface area is 115 Å². The van der Waals surface area contributed by atoms with Gasteiger partial charge in [-0.15, -0.1) is 0 Å². The summed E-state index contributed by atoms with van der Waals surface area (Å²) in [6.07, 6.45) is 1.88. The van der Waals surface area contributed by atoms with Gasteiger partial charge in [0.25, 0.3) is 5.91 Å². The van der Waals surface area contributed by atoms with Crippen LogP contribution in [-0.4, -0.2) is 39.2 Å². The van der Waals surface area contributed by atoms with Gasteiger partial charge in [0.2, 0.25) is 5.89 Å². The molecule has 1 amide bonds. The Morgan fingerprint density at radius 2 is 2.20 bits per heavy atom.